The van der Waals surface area contributed by atoms with Crippen LogP contribution in [0.5, 0.6) is 0 Å². The van der Waals surface area contributed by atoms with Gasteiger partial charge >= 0.3 is 0 Å². The van der Waals surface area contributed by atoms with Gasteiger partial charge in [-0.2, -0.15) is 0 Å². The third-order valence-electron chi connectivity index (χ3n) is 2.75. The van der Waals surface area contributed by atoms with E-state index in [1.54, 1.807) is 13.3 Å². The Morgan fingerprint density at radius 1 is 1.42 bits per heavy atom. The van der Waals surface area contributed by atoms with Crippen LogP contribution in [0.25, 0.3) is 0 Å². The highest BCUT2D eigenvalue weighted by Gasteiger charge is 2.09. The second-order valence-electron chi connectivity index (χ2n) is 4.66. The molecule has 5 heteroatoms. The average Bonchev–Trinajstić information content (AvgIpc) is 2.71. The molecule has 0 aromatic carbocycles. The number of pyridine rings is 1. The molecular weight excluding hydrogens is 240 g/mol. The lowest BCUT2D eigenvalue weighted by molar-refractivity contribution is 0.190. The van der Waals surface area contributed by atoms with Gasteiger partial charge in [-0.1, -0.05) is 6.07 Å². The van der Waals surface area contributed by atoms with Gasteiger partial charge in [0.15, 0.2) is 0 Å². The number of aryl methyl sites for hydroxylation is 1. The van der Waals surface area contributed by atoms with E-state index in [1.165, 1.54) is 0 Å². The van der Waals surface area contributed by atoms with Crippen LogP contribution in [-0.2, 0) is 11.3 Å². The number of nitrogens with zero attached hydrogens (tertiary/aromatic N) is 3. The van der Waals surface area contributed by atoms with Crippen molar-refractivity contribution in [2.75, 3.05) is 19.0 Å². The quantitative estimate of drug-likeness (QED) is 0.864. The molecule has 0 aliphatic carbocycles. The number of hydrogen-bond acceptors (Lipinski definition) is 4. The van der Waals surface area contributed by atoms with Crippen molar-refractivity contribution in [3.63, 3.8) is 0 Å². The monoisotopic (exact) mass is 260 g/mol. The van der Waals surface area contributed by atoms with Crippen molar-refractivity contribution in [1.82, 2.24) is 14.5 Å². The van der Waals surface area contributed by atoms with Crippen LogP contribution in [0.15, 0.2) is 30.6 Å². The zero-order valence-electron chi connectivity index (χ0n) is 11.6. The van der Waals surface area contributed by atoms with Crippen molar-refractivity contribution in [1.29, 1.82) is 0 Å². The van der Waals surface area contributed by atoms with Crippen molar-refractivity contribution in [3.8, 4) is 0 Å². The zero-order chi connectivity index (χ0) is 13.7. The highest BCUT2D eigenvalue weighted by Crippen LogP contribution is 2.12. The van der Waals surface area contributed by atoms with Gasteiger partial charge in [0.05, 0.1) is 24.5 Å². The minimum Gasteiger partial charge on any atom is -0.383 e. The lowest BCUT2D eigenvalue weighted by atomic mass is 10.3. The highest BCUT2D eigenvalue weighted by atomic mass is 16.5. The molecule has 2 aromatic heterocycles. The van der Waals surface area contributed by atoms with Gasteiger partial charge in [0.25, 0.3) is 0 Å². The summed E-state index contributed by atoms with van der Waals surface area (Å²) in [5.74, 6) is 0.854. The van der Waals surface area contributed by atoms with E-state index in [1.807, 2.05) is 31.3 Å². The number of aromatic nitrogens is 3. The van der Waals surface area contributed by atoms with E-state index in [4.69, 9.17) is 4.74 Å². The van der Waals surface area contributed by atoms with Gasteiger partial charge in [0.2, 0.25) is 5.95 Å². The van der Waals surface area contributed by atoms with E-state index in [0.29, 0.717) is 13.2 Å². The van der Waals surface area contributed by atoms with Crippen LogP contribution in [0.4, 0.5) is 5.95 Å². The zero-order valence-corrected chi connectivity index (χ0v) is 11.6. The van der Waals surface area contributed by atoms with Crippen LogP contribution >= 0.6 is 0 Å². The first-order valence-corrected chi connectivity index (χ1v) is 6.38. The molecule has 0 aliphatic rings. The Bertz CT molecular complexity index is 509. The Morgan fingerprint density at radius 3 is 2.95 bits per heavy atom. The normalized spacial score (nSPS) is 12.4. The van der Waals surface area contributed by atoms with Gasteiger partial charge in [0, 0.05) is 25.5 Å². The van der Waals surface area contributed by atoms with E-state index in [-0.39, 0.29) is 6.04 Å². The summed E-state index contributed by atoms with van der Waals surface area (Å²) in [5.41, 5.74) is 2.00. The second kappa shape index (κ2) is 6.33. The number of anilines is 1. The molecule has 0 bridgehead atoms. The summed E-state index contributed by atoms with van der Waals surface area (Å²) in [6, 6.07) is 6.14. The Morgan fingerprint density at radius 2 is 2.26 bits per heavy atom. The third-order valence-corrected chi connectivity index (χ3v) is 2.75. The van der Waals surface area contributed by atoms with E-state index in [9.17, 15) is 0 Å². The molecule has 0 spiro atoms. The molecular formula is C14H20N4O. The number of imidazole rings is 1. The average molecular weight is 260 g/mol. The van der Waals surface area contributed by atoms with Gasteiger partial charge in [-0.3, -0.25) is 4.98 Å². The second-order valence-corrected chi connectivity index (χ2v) is 4.66. The fraction of sp³-hybridized carbons (Fsp3) is 0.429. The largest absolute Gasteiger partial charge is 0.383 e. The maximum Gasteiger partial charge on any atom is 0.203 e. The summed E-state index contributed by atoms with van der Waals surface area (Å²) in [4.78, 5) is 8.84. The molecule has 0 saturated heterocycles. The van der Waals surface area contributed by atoms with Gasteiger partial charge < -0.3 is 14.6 Å². The van der Waals surface area contributed by atoms with Crippen molar-refractivity contribution < 1.29 is 4.74 Å². The summed E-state index contributed by atoms with van der Waals surface area (Å²) in [6.45, 7) is 5.42. The molecule has 0 aliphatic heterocycles. The van der Waals surface area contributed by atoms with Gasteiger partial charge in [-0.05, 0) is 26.0 Å². The Balaban J connectivity index is 2.12. The minimum atomic E-state index is 0.217. The van der Waals surface area contributed by atoms with Gasteiger partial charge in [0.1, 0.15) is 0 Å². The van der Waals surface area contributed by atoms with E-state index in [0.717, 1.165) is 17.3 Å². The molecule has 2 rings (SSSR count). The standard InChI is InChI=1S/C14H20N4O/c1-11-8-18(9-13-6-4-5-7-15-13)14(16-11)17-12(2)10-19-3/h4-8,12H,9-10H2,1-3H3,(H,16,17). The molecule has 2 aromatic rings. The Kier molecular flexibility index (Phi) is 4.52. The molecule has 1 atom stereocenters. The first-order chi connectivity index (χ1) is 9.19. The van der Waals surface area contributed by atoms with Crippen molar-refractivity contribution in [2.24, 2.45) is 0 Å². The molecule has 0 amide bonds. The summed E-state index contributed by atoms with van der Waals surface area (Å²) in [5, 5.41) is 3.35. The number of nitrogens with one attached hydrogen (secondary N) is 1. The summed E-state index contributed by atoms with van der Waals surface area (Å²) >= 11 is 0. The van der Waals surface area contributed by atoms with Crippen LogP contribution in [0.1, 0.15) is 18.3 Å². The maximum atomic E-state index is 5.13. The molecule has 1 N–H and O–H groups in total. The summed E-state index contributed by atoms with van der Waals surface area (Å²) in [6.07, 6.45) is 3.83. The predicted molar refractivity (Wildman–Crippen MR) is 75.3 cm³/mol. The number of hydrogen-bond donors (Lipinski definition) is 1. The molecule has 0 fully saturated rings. The predicted octanol–water partition coefficient (Wildman–Crippen LogP) is 2.08. The highest BCUT2D eigenvalue weighted by molar-refractivity contribution is 5.31. The summed E-state index contributed by atoms with van der Waals surface area (Å²) < 4.78 is 7.20. The topological polar surface area (TPSA) is 52.0 Å². The van der Waals surface area contributed by atoms with E-state index in [2.05, 4.69) is 26.8 Å². The lowest BCUT2D eigenvalue weighted by Crippen LogP contribution is -2.23. The molecule has 19 heavy (non-hydrogen) atoms. The minimum absolute atomic E-state index is 0.217. The van der Waals surface area contributed by atoms with E-state index < -0.39 is 0 Å². The number of methoxy groups -OCH3 is 1. The molecule has 5 nitrogen and oxygen atoms in total. The van der Waals surface area contributed by atoms with Crippen LogP contribution in [0.2, 0.25) is 0 Å². The van der Waals surface area contributed by atoms with Crippen molar-refractivity contribution >= 4 is 5.95 Å². The fourth-order valence-corrected chi connectivity index (χ4v) is 1.96. The van der Waals surface area contributed by atoms with Crippen LogP contribution < -0.4 is 5.32 Å². The Hall–Kier alpha value is -1.88. The molecule has 0 saturated carbocycles. The smallest absolute Gasteiger partial charge is 0.203 e. The van der Waals surface area contributed by atoms with Crippen LogP contribution in [0, 0.1) is 6.92 Å². The molecule has 2 heterocycles. The Labute approximate surface area is 113 Å². The lowest BCUT2D eigenvalue weighted by Gasteiger charge is -2.14. The van der Waals surface area contributed by atoms with Gasteiger partial charge in [-0.15, -0.1) is 0 Å². The molecule has 102 valence electrons. The SMILES string of the molecule is COCC(C)Nc1nc(C)cn1Cc1ccccn1. The van der Waals surface area contributed by atoms with E-state index >= 15 is 0 Å². The third kappa shape index (κ3) is 3.79. The van der Waals surface area contributed by atoms with Crippen LogP contribution in [-0.4, -0.2) is 34.3 Å². The van der Waals surface area contributed by atoms with Gasteiger partial charge in [-0.25, -0.2) is 4.98 Å². The maximum absolute atomic E-state index is 5.13. The fourth-order valence-electron chi connectivity index (χ4n) is 1.96. The first-order valence-electron chi connectivity index (χ1n) is 6.38. The number of ether oxygens (including phenoxy) is 1. The van der Waals surface area contributed by atoms with Crippen molar-refractivity contribution in [2.45, 2.75) is 26.4 Å². The molecule has 1 unspecified atom stereocenters. The molecule has 0 radical (unpaired) electrons. The van der Waals surface area contributed by atoms with Crippen molar-refractivity contribution in [3.05, 3.63) is 42.0 Å². The first kappa shape index (κ1) is 13.5. The number of rotatable bonds is 6. The summed E-state index contributed by atoms with van der Waals surface area (Å²) in [7, 11) is 1.70. The van der Waals surface area contributed by atoms with Crippen LogP contribution in [0.3, 0.4) is 0 Å².